The highest BCUT2D eigenvalue weighted by Crippen LogP contribution is 2.24. The first-order valence-electron chi connectivity index (χ1n) is 13.7. The number of hydrogen-bond acceptors (Lipinski definition) is 4. The van der Waals surface area contributed by atoms with Crippen molar-refractivity contribution in [3.8, 4) is 45.9 Å². The molecule has 39 heavy (non-hydrogen) atoms. The van der Waals surface area contributed by atoms with Gasteiger partial charge in [-0.15, -0.1) is 0 Å². The highest BCUT2D eigenvalue weighted by Gasteiger charge is 2.02. The lowest BCUT2D eigenvalue weighted by Crippen LogP contribution is -1.98. The van der Waals surface area contributed by atoms with Crippen LogP contribution in [0.25, 0.3) is 22.3 Å². The minimum absolute atomic E-state index is 0.674. The van der Waals surface area contributed by atoms with E-state index in [1.807, 2.05) is 72.8 Å². The predicted molar refractivity (Wildman–Crippen MR) is 156 cm³/mol. The summed E-state index contributed by atoms with van der Waals surface area (Å²) in [5.41, 5.74) is 5.79. The molecule has 0 fully saturated rings. The lowest BCUT2D eigenvalue weighted by atomic mass is 10.0. The van der Waals surface area contributed by atoms with Crippen molar-refractivity contribution in [1.82, 2.24) is 0 Å². The van der Waals surface area contributed by atoms with Crippen LogP contribution in [0.2, 0.25) is 0 Å². The predicted octanol–water partition coefficient (Wildman–Crippen LogP) is 8.95. The first-order valence-corrected chi connectivity index (χ1v) is 13.7. The molecule has 0 unspecified atom stereocenters. The Morgan fingerprint density at radius 3 is 0.974 bits per heavy atom. The van der Waals surface area contributed by atoms with Gasteiger partial charge in [-0.25, -0.2) is 0 Å². The van der Waals surface area contributed by atoms with Crippen molar-refractivity contribution in [3.63, 3.8) is 0 Å². The lowest BCUT2D eigenvalue weighted by molar-refractivity contribution is 0.300. The fourth-order valence-corrected chi connectivity index (χ4v) is 4.43. The van der Waals surface area contributed by atoms with Crippen molar-refractivity contribution in [3.05, 3.63) is 108 Å². The second-order valence-electron chi connectivity index (χ2n) is 9.60. The Morgan fingerprint density at radius 2 is 0.667 bits per heavy atom. The minimum Gasteiger partial charge on any atom is -0.494 e. The Labute approximate surface area is 232 Å². The Balaban J connectivity index is 1.01. The van der Waals surface area contributed by atoms with E-state index in [4.69, 9.17) is 20.0 Å². The number of nitriles is 2. The largest absolute Gasteiger partial charge is 0.494 e. The van der Waals surface area contributed by atoms with Crippen molar-refractivity contribution in [1.29, 1.82) is 10.5 Å². The number of rotatable bonds is 14. The monoisotopic (exact) mass is 514 g/mol. The topological polar surface area (TPSA) is 66.0 Å². The minimum atomic E-state index is 0.674. The number of ether oxygens (including phenoxy) is 2. The van der Waals surface area contributed by atoms with E-state index in [0.29, 0.717) is 11.1 Å². The maximum absolute atomic E-state index is 8.93. The van der Waals surface area contributed by atoms with Gasteiger partial charge >= 0.3 is 0 Å². The summed E-state index contributed by atoms with van der Waals surface area (Å²) in [6.07, 6.45) is 8.23. The highest BCUT2D eigenvalue weighted by atomic mass is 16.5. The Hall–Kier alpha value is -4.54. The van der Waals surface area contributed by atoms with Crippen molar-refractivity contribution >= 4 is 0 Å². The maximum Gasteiger partial charge on any atom is 0.119 e. The van der Waals surface area contributed by atoms with Crippen LogP contribution in [0.5, 0.6) is 11.5 Å². The fraction of sp³-hybridized carbons (Fsp3) is 0.257. The van der Waals surface area contributed by atoms with E-state index in [-0.39, 0.29) is 0 Å². The molecule has 0 aromatic heterocycles. The van der Waals surface area contributed by atoms with Gasteiger partial charge in [-0.2, -0.15) is 10.5 Å². The van der Waals surface area contributed by atoms with Crippen LogP contribution in [-0.2, 0) is 0 Å². The van der Waals surface area contributed by atoms with Gasteiger partial charge in [0.25, 0.3) is 0 Å². The highest BCUT2D eigenvalue weighted by molar-refractivity contribution is 5.65. The summed E-state index contributed by atoms with van der Waals surface area (Å²) in [6.45, 7) is 1.49. The number of hydrogen-bond donors (Lipinski definition) is 0. The average molecular weight is 515 g/mol. The Bertz CT molecular complexity index is 1250. The van der Waals surface area contributed by atoms with Crippen molar-refractivity contribution < 1.29 is 9.47 Å². The van der Waals surface area contributed by atoms with Gasteiger partial charge in [-0.05, 0) is 83.6 Å². The number of nitrogens with zero attached hydrogens (tertiary/aromatic N) is 2. The first kappa shape index (κ1) is 27.5. The summed E-state index contributed by atoms with van der Waals surface area (Å²) in [4.78, 5) is 0. The standard InChI is InChI=1S/C35H34N2O2/c36-26-28-8-12-30(13-9-28)32-16-20-34(21-17-32)38-24-6-4-2-1-3-5-7-25-39-35-22-18-33(19-23-35)31-14-10-29(27-37)11-15-31/h8-23H,1-7,24-25H2. The molecular formula is C35H34N2O2. The summed E-state index contributed by atoms with van der Waals surface area (Å²) in [5.74, 6) is 1.80. The summed E-state index contributed by atoms with van der Waals surface area (Å²) in [7, 11) is 0. The van der Waals surface area contributed by atoms with Crippen molar-refractivity contribution in [2.45, 2.75) is 44.9 Å². The molecule has 0 saturated carbocycles. The zero-order valence-corrected chi connectivity index (χ0v) is 22.3. The van der Waals surface area contributed by atoms with Gasteiger partial charge in [0, 0.05) is 0 Å². The molecular weight excluding hydrogens is 480 g/mol. The molecule has 0 N–H and O–H groups in total. The summed E-state index contributed by atoms with van der Waals surface area (Å²) >= 11 is 0. The molecule has 4 aromatic carbocycles. The van der Waals surface area contributed by atoms with E-state index >= 15 is 0 Å². The number of unbranched alkanes of at least 4 members (excludes halogenated alkanes) is 6. The molecule has 0 atom stereocenters. The third-order valence-electron chi connectivity index (χ3n) is 6.73. The van der Waals surface area contributed by atoms with Crippen LogP contribution >= 0.6 is 0 Å². The van der Waals surface area contributed by atoms with Gasteiger partial charge in [-0.1, -0.05) is 80.6 Å². The van der Waals surface area contributed by atoms with Gasteiger partial charge < -0.3 is 9.47 Å². The van der Waals surface area contributed by atoms with Gasteiger partial charge in [0.05, 0.1) is 36.5 Å². The second-order valence-corrected chi connectivity index (χ2v) is 9.60. The molecule has 4 rings (SSSR count). The van der Waals surface area contributed by atoms with E-state index < -0.39 is 0 Å². The lowest BCUT2D eigenvalue weighted by Gasteiger charge is -2.08. The molecule has 0 aliphatic heterocycles. The molecule has 0 saturated heterocycles. The van der Waals surface area contributed by atoms with E-state index in [2.05, 4.69) is 36.4 Å². The normalized spacial score (nSPS) is 10.4. The smallest absolute Gasteiger partial charge is 0.119 e. The van der Waals surface area contributed by atoms with E-state index in [9.17, 15) is 0 Å². The summed E-state index contributed by atoms with van der Waals surface area (Å²) < 4.78 is 11.8. The zero-order valence-electron chi connectivity index (χ0n) is 22.3. The van der Waals surface area contributed by atoms with E-state index in [1.54, 1.807) is 0 Å². The zero-order chi connectivity index (χ0) is 27.1. The van der Waals surface area contributed by atoms with Crippen LogP contribution in [-0.4, -0.2) is 13.2 Å². The van der Waals surface area contributed by atoms with Gasteiger partial charge in [-0.3, -0.25) is 0 Å². The van der Waals surface area contributed by atoms with E-state index in [1.165, 1.54) is 32.1 Å². The third-order valence-corrected chi connectivity index (χ3v) is 6.73. The summed E-state index contributed by atoms with van der Waals surface area (Å²) in [6, 6.07) is 35.9. The van der Waals surface area contributed by atoms with Crippen LogP contribution < -0.4 is 9.47 Å². The number of benzene rings is 4. The fourth-order valence-electron chi connectivity index (χ4n) is 4.43. The molecule has 0 heterocycles. The summed E-state index contributed by atoms with van der Waals surface area (Å²) in [5, 5.41) is 17.9. The van der Waals surface area contributed by atoms with Crippen molar-refractivity contribution in [2.75, 3.05) is 13.2 Å². The molecule has 4 aromatic rings. The van der Waals surface area contributed by atoms with E-state index in [0.717, 1.165) is 59.8 Å². The molecule has 0 aliphatic carbocycles. The van der Waals surface area contributed by atoms with Crippen LogP contribution in [0.1, 0.15) is 56.1 Å². The second kappa shape index (κ2) is 15.0. The van der Waals surface area contributed by atoms with Gasteiger partial charge in [0.15, 0.2) is 0 Å². The van der Waals surface area contributed by atoms with Gasteiger partial charge in [0.1, 0.15) is 11.5 Å². The van der Waals surface area contributed by atoms with Crippen molar-refractivity contribution in [2.24, 2.45) is 0 Å². The molecule has 0 bridgehead atoms. The van der Waals surface area contributed by atoms with Crippen LogP contribution in [0.4, 0.5) is 0 Å². The maximum atomic E-state index is 8.93. The Morgan fingerprint density at radius 1 is 0.385 bits per heavy atom. The molecule has 0 aliphatic rings. The van der Waals surface area contributed by atoms with Crippen LogP contribution in [0, 0.1) is 22.7 Å². The van der Waals surface area contributed by atoms with Crippen LogP contribution in [0.15, 0.2) is 97.1 Å². The third kappa shape index (κ3) is 8.77. The molecule has 0 spiro atoms. The molecule has 4 nitrogen and oxygen atoms in total. The molecule has 4 heteroatoms. The quantitative estimate of drug-likeness (QED) is 0.158. The Kier molecular flexibility index (Phi) is 10.6. The average Bonchev–Trinajstić information content (AvgIpc) is 3.00. The molecule has 0 radical (unpaired) electrons. The SMILES string of the molecule is N#Cc1ccc(-c2ccc(OCCCCCCCCCOc3ccc(-c4ccc(C#N)cc4)cc3)cc2)cc1. The van der Waals surface area contributed by atoms with Crippen LogP contribution in [0.3, 0.4) is 0 Å². The molecule has 0 amide bonds. The molecule has 196 valence electrons. The first-order chi connectivity index (χ1) is 19.2. The van der Waals surface area contributed by atoms with Gasteiger partial charge in [0.2, 0.25) is 0 Å².